The lowest BCUT2D eigenvalue weighted by Crippen LogP contribution is -2.14. The van der Waals surface area contributed by atoms with Crippen molar-refractivity contribution >= 4 is 10.9 Å². The summed E-state index contributed by atoms with van der Waals surface area (Å²) in [6.07, 6.45) is 1.09. The predicted molar refractivity (Wildman–Crippen MR) is 113 cm³/mol. The van der Waals surface area contributed by atoms with Crippen LogP contribution in [0, 0.1) is 6.92 Å². The van der Waals surface area contributed by atoms with Crippen LogP contribution >= 0.6 is 0 Å². The van der Waals surface area contributed by atoms with Crippen molar-refractivity contribution in [1.29, 1.82) is 0 Å². The molecule has 2 aromatic carbocycles. The summed E-state index contributed by atoms with van der Waals surface area (Å²) in [5.74, 6) is 0.865. The highest BCUT2D eigenvalue weighted by Gasteiger charge is 2.23. The Morgan fingerprint density at radius 2 is 1.69 bits per heavy atom. The van der Waals surface area contributed by atoms with Crippen LogP contribution in [0.3, 0.4) is 0 Å². The van der Waals surface area contributed by atoms with E-state index in [0.29, 0.717) is 11.8 Å². The quantitative estimate of drug-likeness (QED) is 0.490. The van der Waals surface area contributed by atoms with Gasteiger partial charge in [0.1, 0.15) is 0 Å². The monoisotopic (exact) mass is 345 g/mol. The smallest absolute Gasteiger partial charge is 0.0705 e. The molecule has 0 aliphatic heterocycles. The fraction of sp³-hybridized carbons (Fsp3) is 0.400. The van der Waals surface area contributed by atoms with Gasteiger partial charge in [-0.15, -0.1) is 0 Å². The van der Waals surface area contributed by atoms with E-state index in [1.54, 1.807) is 0 Å². The fourth-order valence-corrected chi connectivity index (χ4v) is 3.85. The molecule has 1 heterocycles. The molecule has 136 valence electrons. The average molecular weight is 346 g/mol. The van der Waals surface area contributed by atoms with Gasteiger partial charge in [0.2, 0.25) is 0 Å². The van der Waals surface area contributed by atoms with Crippen LogP contribution in [0.2, 0.25) is 0 Å². The van der Waals surface area contributed by atoms with Crippen molar-refractivity contribution in [2.45, 2.75) is 65.2 Å². The van der Waals surface area contributed by atoms with Crippen molar-refractivity contribution in [2.75, 3.05) is 0 Å². The number of benzene rings is 2. The van der Waals surface area contributed by atoms with E-state index in [0.717, 1.165) is 11.9 Å². The first kappa shape index (κ1) is 18.6. The van der Waals surface area contributed by atoms with Gasteiger partial charge in [0.15, 0.2) is 0 Å². The van der Waals surface area contributed by atoms with Gasteiger partial charge in [0, 0.05) is 17.0 Å². The number of nitrogens with zero attached hydrogens (tertiary/aromatic N) is 1. The first-order valence-electron chi connectivity index (χ1n) is 9.77. The van der Waals surface area contributed by atoms with Crippen LogP contribution in [0.5, 0.6) is 0 Å². The Morgan fingerprint density at radius 1 is 0.962 bits per heavy atom. The zero-order valence-corrected chi connectivity index (χ0v) is 17.0. The summed E-state index contributed by atoms with van der Waals surface area (Å²) in [5.41, 5.74) is 6.66. The van der Waals surface area contributed by atoms with Crippen LogP contribution in [-0.2, 0) is 5.41 Å². The summed E-state index contributed by atoms with van der Waals surface area (Å²) in [6, 6.07) is 19.9. The number of hydrogen-bond acceptors (Lipinski definition) is 1. The van der Waals surface area contributed by atoms with Crippen molar-refractivity contribution in [3.8, 4) is 0 Å². The van der Waals surface area contributed by atoms with Gasteiger partial charge in [0.25, 0.3) is 0 Å². The normalized spacial score (nSPS) is 14.4. The van der Waals surface area contributed by atoms with Crippen molar-refractivity contribution in [3.05, 3.63) is 77.0 Å². The van der Waals surface area contributed by atoms with E-state index >= 15 is 0 Å². The number of pyridine rings is 1. The van der Waals surface area contributed by atoms with Crippen LogP contribution in [-0.4, -0.2) is 4.98 Å². The second-order valence-electron chi connectivity index (χ2n) is 8.61. The average Bonchev–Trinajstić information content (AvgIpc) is 2.61. The highest BCUT2D eigenvalue weighted by molar-refractivity contribution is 5.78. The second kappa shape index (κ2) is 7.23. The third-order valence-corrected chi connectivity index (χ3v) is 5.53. The Hall–Kier alpha value is -2.15. The zero-order chi connectivity index (χ0) is 18.9. The minimum atomic E-state index is 0.170. The van der Waals surface area contributed by atoms with Crippen LogP contribution in [0.15, 0.2) is 54.6 Å². The molecule has 0 N–H and O–H groups in total. The maximum Gasteiger partial charge on any atom is 0.0705 e. The molecule has 0 aliphatic carbocycles. The van der Waals surface area contributed by atoms with E-state index in [2.05, 4.69) is 96.1 Å². The Morgan fingerprint density at radius 3 is 2.38 bits per heavy atom. The summed E-state index contributed by atoms with van der Waals surface area (Å²) in [5, 5.41) is 1.21. The summed E-state index contributed by atoms with van der Waals surface area (Å²) in [4.78, 5) is 4.99. The predicted octanol–water partition coefficient (Wildman–Crippen LogP) is 7.14. The Labute approximate surface area is 158 Å². The third kappa shape index (κ3) is 3.82. The molecule has 0 saturated heterocycles. The van der Waals surface area contributed by atoms with Crippen molar-refractivity contribution < 1.29 is 0 Å². The van der Waals surface area contributed by atoms with Crippen LogP contribution in [0.4, 0.5) is 0 Å². The third-order valence-electron chi connectivity index (χ3n) is 5.53. The zero-order valence-electron chi connectivity index (χ0n) is 17.0. The van der Waals surface area contributed by atoms with Crippen LogP contribution in [0.1, 0.15) is 75.3 Å². The summed E-state index contributed by atoms with van der Waals surface area (Å²) >= 11 is 0. The molecule has 1 aromatic heterocycles. The van der Waals surface area contributed by atoms with E-state index in [9.17, 15) is 0 Å². The molecule has 3 rings (SSSR count). The maximum absolute atomic E-state index is 4.99. The molecule has 0 unspecified atom stereocenters. The molecule has 0 bridgehead atoms. The Kier molecular flexibility index (Phi) is 5.18. The molecule has 1 heteroatoms. The highest BCUT2D eigenvalue weighted by atomic mass is 14.7. The summed E-state index contributed by atoms with van der Waals surface area (Å²) in [6.45, 7) is 13.7. The van der Waals surface area contributed by atoms with Gasteiger partial charge >= 0.3 is 0 Å². The molecule has 3 aromatic rings. The van der Waals surface area contributed by atoms with Gasteiger partial charge < -0.3 is 0 Å². The Bertz CT molecular complexity index is 901. The van der Waals surface area contributed by atoms with E-state index in [4.69, 9.17) is 4.98 Å². The van der Waals surface area contributed by atoms with Gasteiger partial charge in [-0.05, 0) is 47.9 Å². The molecule has 0 amide bonds. The van der Waals surface area contributed by atoms with E-state index in [-0.39, 0.29) is 5.41 Å². The molecule has 0 saturated carbocycles. The number of aryl methyl sites for hydroxylation is 1. The van der Waals surface area contributed by atoms with Crippen molar-refractivity contribution in [2.24, 2.45) is 0 Å². The maximum atomic E-state index is 4.99. The SMILES string of the molecule is CC[C@H](c1ccc2ccccc2n1)[C@@H](C)c1cc(C)cc(C(C)(C)C)c1. The topological polar surface area (TPSA) is 12.9 Å². The van der Waals surface area contributed by atoms with E-state index < -0.39 is 0 Å². The lowest BCUT2D eigenvalue weighted by atomic mass is 9.79. The van der Waals surface area contributed by atoms with Crippen molar-refractivity contribution in [3.63, 3.8) is 0 Å². The standard InChI is InChI=1S/C25H31N/c1-7-22(24-13-12-19-10-8-9-11-23(19)26-24)18(3)20-14-17(2)15-21(16-20)25(4,5)6/h8-16,18,22H,7H2,1-6H3/t18-,22-/m0/s1. The van der Waals surface area contributed by atoms with Crippen LogP contribution < -0.4 is 0 Å². The molecule has 0 aliphatic rings. The molecule has 0 spiro atoms. The molecule has 0 fully saturated rings. The second-order valence-corrected chi connectivity index (χ2v) is 8.61. The van der Waals surface area contributed by atoms with Gasteiger partial charge in [-0.25, -0.2) is 0 Å². The number of aromatic nitrogens is 1. The summed E-state index contributed by atoms with van der Waals surface area (Å²) < 4.78 is 0. The number of fused-ring (bicyclic) bond motifs is 1. The molecule has 1 nitrogen and oxygen atoms in total. The lowest BCUT2D eigenvalue weighted by Gasteiger charge is -2.26. The van der Waals surface area contributed by atoms with Gasteiger partial charge in [0.05, 0.1) is 5.52 Å². The molecular formula is C25H31N. The van der Waals surface area contributed by atoms with Crippen LogP contribution in [0.25, 0.3) is 10.9 Å². The first-order chi connectivity index (χ1) is 12.3. The van der Waals surface area contributed by atoms with E-state index in [1.165, 1.54) is 27.8 Å². The van der Waals surface area contributed by atoms with Gasteiger partial charge in [-0.3, -0.25) is 4.98 Å². The minimum absolute atomic E-state index is 0.170. The first-order valence-corrected chi connectivity index (χ1v) is 9.77. The largest absolute Gasteiger partial charge is 0.253 e. The van der Waals surface area contributed by atoms with Crippen molar-refractivity contribution in [1.82, 2.24) is 4.98 Å². The molecular weight excluding hydrogens is 314 g/mol. The van der Waals surface area contributed by atoms with E-state index in [1.807, 2.05) is 0 Å². The van der Waals surface area contributed by atoms with Gasteiger partial charge in [-0.1, -0.05) is 82.6 Å². The minimum Gasteiger partial charge on any atom is -0.253 e. The molecule has 0 radical (unpaired) electrons. The van der Waals surface area contributed by atoms with Gasteiger partial charge in [-0.2, -0.15) is 0 Å². The lowest BCUT2D eigenvalue weighted by molar-refractivity contribution is 0.542. The fourth-order valence-electron chi connectivity index (χ4n) is 3.85. The summed E-state index contributed by atoms with van der Waals surface area (Å²) in [7, 11) is 0. The number of hydrogen-bond donors (Lipinski definition) is 0. The molecule has 26 heavy (non-hydrogen) atoms. The number of rotatable bonds is 4. The molecule has 2 atom stereocenters. The highest BCUT2D eigenvalue weighted by Crippen LogP contribution is 2.37. The number of para-hydroxylation sites is 1. The Balaban J connectivity index is 2.00.